The maximum Gasteiger partial charge on any atom is 0.295 e. The molecule has 2 aromatic heterocycles. The molecule has 1 N–H and O–H groups in total. The van der Waals surface area contributed by atoms with Crippen LogP contribution in [0.4, 0.5) is 17.6 Å². The van der Waals surface area contributed by atoms with E-state index in [9.17, 15) is 17.6 Å². The summed E-state index contributed by atoms with van der Waals surface area (Å²) >= 11 is 0. The topological polar surface area (TPSA) is 67.6 Å². The summed E-state index contributed by atoms with van der Waals surface area (Å²) in [7, 11) is 0. The Morgan fingerprint density at radius 1 is 1.29 bits per heavy atom. The minimum Gasteiger partial charge on any atom is -0.337 e. The van der Waals surface area contributed by atoms with Crippen molar-refractivity contribution in [2.75, 3.05) is 0 Å². The molecule has 3 aromatic rings. The molecule has 1 fully saturated rings. The zero-order valence-corrected chi connectivity index (χ0v) is 12.5. The van der Waals surface area contributed by atoms with Crippen LogP contribution in [-0.2, 0) is 6.42 Å². The zero-order chi connectivity index (χ0) is 17.1. The first-order valence-electron chi connectivity index (χ1n) is 7.27. The molecule has 2 heterocycles. The molecule has 0 amide bonds. The van der Waals surface area contributed by atoms with Gasteiger partial charge in [-0.25, -0.2) is 22.5 Å². The van der Waals surface area contributed by atoms with Crippen LogP contribution in [-0.4, -0.2) is 26.0 Å². The fourth-order valence-corrected chi connectivity index (χ4v) is 2.75. The normalized spacial score (nSPS) is 22.4. The summed E-state index contributed by atoms with van der Waals surface area (Å²) in [6, 6.07) is 4.83. The van der Waals surface area contributed by atoms with E-state index in [2.05, 4.69) is 20.1 Å². The van der Waals surface area contributed by atoms with Gasteiger partial charge in [0.05, 0.1) is 11.1 Å². The number of hydrogen-bond donors (Lipinski definition) is 1. The molecule has 1 aromatic carbocycles. The molecule has 0 radical (unpaired) electrons. The lowest BCUT2D eigenvalue weighted by Crippen LogP contribution is -2.11. The van der Waals surface area contributed by atoms with E-state index in [0.717, 1.165) is 0 Å². The first-order valence-corrected chi connectivity index (χ1v) is 7.27. The van der Waals surface area contributed by atoms with Crippen molar-refractivity contribution < 1.29 is 22.1 Å². The van der Waals surface area contributed by atoms with Crippen LogP contribution in [0.3, 0.4) is 0 Å². The summed E-state index contributed by atoms with van der Waals surface area (Å²) in [5.74, 6) is -2.95. The van der Waals surface area contributed by atoms with Gasteiger partial charge in [0.2, 0.25) is 0 Å². The van der Waals surface area contributed by atoms with Gasteiger partial charge in [-0.05, 0) is 12.1 Å². The lowest BCUT2D eigenvalue weighted by Gasteiger charge is -2.05. The highest BCUT2D eigenvalue weighted by molar-refractivity contribution is 5.89. The van der Waals surface area contributed by atoms with Crippen LogP contribution in [0.25, 0.3) is 22.5 Å². The second-order valence-electron chi connectivity index (χ2n) is 6.26. The number of hydrogen-bond acceptors (Lipinski definition) is 4. The SMILES string of the molecule is CC1(Cc2noc(-c3cccc4[nH]c(C(F)F)nc34)n2)CC1(F)F. The molecule has 9 heteroatoms. The molecule has 24 heavy (non-hydrogen) atoms. The van der Waals surface area contributed by atoms with Crippen molar-refractivity contribution in [1.82, 2.24) is 20.1 Å². The number of H-pyrrole nitrogens is 1. The fourth-order valence-electron chi connectivity index (χ4n) is 2.75. The predicted molar refractivity (Wildman–Crippen MR) is 75.7 cm³/mol. The standard InChI is InChI=1S/C15H12F4N4O/c1-14(6-15(14,18)19)5-9-21-13(24-23-9)7-3-2-4-8-10(7)22-12(20-8)11(16)17/h2-4,11H,5-6H2,1H3,(H,20,22). The summed E-state index contributed by atoms with van der Waals surface area (Å²) in [5, 5.41) is 3.73. The summed E-state index contributed by atoms with van der Waals surface area (Å²) in [5.41, 5.74) is -0.105. The minimum absolute atomic E-state index is 0.0116. The summed E-state index contributed by atoms with van der Waals surface area (Å²) < 4.78 is 57.3. The third kappa shape index (κ3) is 2.26. The molecule has 0 bridgehead atoms. The molecule has 0 saturated heterocycles. The van der Waals surface area contributed by atoms with Gasteiger partial charge in [0.1, 0.15) is 5.52 Å². The van der Waals surface area contributed by atoms with E-state index >= 15 is 0 Å². The van der Waals surface area contributed by atoms with Gasteiger partial charge >= 0.3 is 0 Å². The van der Waals surface area contributed by atoms with E-state index in [1.165, 1.54) is 6.92 Å². The van der Waals surface area contributed by atoms with Crippen LogP contribution >= 0.6 is 0 Å². The number of benzene rings is 1. The molecule has 1 saturated carbocycles. The molecule has 1 unspecified atom stereocenters. The van der Waals surface area contributed by atoms with Crippen LogP contribution in [0.1, 0.15) is 31.4 Å². The molecule has 126 valence electrons. The van der Waals surface area contributed by atoms with E-state index < -0.39 is 23.6 Å². The quantitative estimate of drug-likeness (QED) is 0.725. The molecule has 0 aliphatic heterocycles. The minimum atomic E-state index is -2.74. The van der Waals surface area contributed by atoms with Crippen molar-refractivity contribution in [3.63, 3.8) is 0 Å². The first kappa shape index (κ1) is 15.1. The van der Waals surface area contributed by atoms with Crippen LogP contribution in [0, 0.1) is 5.41 Å². The Kier molecular flexibility index (Phi) is 3.01. The summed E-state index contributed by atoms with van der Waals surface area (Å²) in [6.45, 7) is 1.46. The molecule has 5 nitrogen and oxygen atoms in total. The average molecular weight is 340 g/mol. The van der Waals surface area contributed by atoms with E-state index in [-0.39, 0.29) is 30.1 Å². The highest BCUT2D eigenvalue weighted by Gasteiger charge is 2.67. The van der Waals surface area contributed by atoms with Gasteiger partial charge in [0.25, 0.3) is 18.2 Å². The largest absolute Gasteiger partial charge is 0.337 e. The third-order valence-corrected chi connectivity index (χ3v) is 4.35. The van der Waals surface area contributed by atoms with E-state index in [1.54, 1.807) is 18.2 Å². The Bertz CT molecular complexity index is 919. The smallest absolute Gasteiger partial charge is 0.295 e. The number of aromatic nitrogens is 4. The number of alkyl halides is 4. The molecule has 4 rings (SSSR count). The number of imidazole rings is 1. The Balaban J connectivity index is 1.68. The molecule has 1 aliphatic carbocycles. The number of rotatable bonds is 4. The number of halogens is 4. The second-order valence-corrected chi connectivity index (χ2v) is 6.26. The van der Waals surface area contributed by atoms with Gasteiger partial charge in [-0.2, -0.15) is 4.98 Å². The Morgan fingerprint density at radius 3 is 2.71 bits per heavy atom. The number of aromatic amines is 1. The molecule has 0 spiro atoms. The Morgan fingerprint density at radius 2 is 2.04 bits per heavy atom. The average Bonchev–Trinajstić information content (AvgIpc) is 2.95. The van der Waals surface area contributed by atoms with E-state index in [0.29, 0.717) is 11.1 Å². The molecule has 1 aliphatic rings. The van der Waals surface area contributed by atoms with Crippen LogP contribution in [0.15, 0.2) is 22.7 Å². The van der Waals surface area contributed by atoms with E-state index in [4.69, 9.17) is 4.52 Å². The number of nitrogens with one attached hydrogen (secondary N) is 1. The number of para-hydroxylation sites is 1. The highest BCUT2D eigenvalue weighted by atomic mass is 19.3. The Labute approximate surface area is 133 Å². The van der Waals surface area contributed by atoms with Gasteiger partial charge in [-0.1, -0.05) is 18.1 Å². The molecule has 1 atom stereocenters. The van der Waals surface area contributed by atoms with Crippen molar-refractivity contribution in [2.45, 2.75) is 32.1 Å². The van der Waals surface area contributed by atoms with Crippen molar-refractivity contribution in [3.05, 3.63) is 29.8 Å². The van der Waals surface area contributed by atoms with Crippen molar-refractivity contribution in [1.29, 1.82) is 0 Å². The highest BCUT2D eigenvalue weighted by Crippen LogP contribution is 2.61. The van der Waals surface area contributed by atoms with Gasteiger partial charge in [0, 0.05) is 18.3 Å². The summed E-state index contributed by atoms with van der Waals surface area (Å²) in [6.07, 6.45) is -2.96. The van der Waals surface area contributed by atoms with Crippen molar-refractivity contribution in [3.8, 4) is 11.5 Å². The van der Waals surface area contributed by atoms with Gasteiger partial charge < -0.3 is 9.51 Å². The van der Waals surface area contributed by atoms with Crippen LogP contribution in [0.5, 0.6) is 0 Å². The maximum absolute atomic E-state index is 13.3. The predicted octanol–water partition coefficient (Wildman–Crippen LogP) is 4.14. The number of nitrogens with zero attached hydrogens (tertiary/aromatic N) is 3. The monoisotopic (exact) mass is 340 g/mol. The second kappa shape index (κ2) is 4.78. The summed E-state index contributed by atoms with van der Waals surface area (Å²) in [4.78, 5) is 10.5. The lowest BCUT2D eigenvalue weighted by atomic mass is 10.0. The molecular weight excluding hydrogens is 328 g/mol. The maximum atomic E-state index is 13.3. The zero-order valence-electron chi connectivity index (χ0n) is 12.5. The van der Waals surface area contributed by atoms with Gasteiger partial charge in [0.15, 0.2) is 11.6 Å². The van der Waals surface area contributed by atoms with Crippen LogP contribution < -0.4 is 0 Å². The Hall–Kier alpha value is -2.45. The third-order valence-electron chi connectivity index (χ3n) is 4.35. The fraction of sp³-hybridized carbons (Fsp3) is 0.400. The number of fused-ring (bicyclic) bond motifs is 1. The van der Waals surface area contributed by atoms with E-state index in [1.807, 2.05) is 0 Å². The van der Waals surface area contributed by atoms with Crippen molar-refractivity contribution in [2.24, 2.45) is 5.41 Å². The van der Waals surface area contributed by atoms with Crippen LogP contribution in [0.2, 0.25) is 0 Å². The van der Waals surface area contributed by atoms with Gasteiger partial charge in [-0.15, -0.1) is 0 Å². The lowest BCUT2D eigenvalue weighted by molar-refractivity contribution is 0.0692. The molecular formula is C15H12F4N4O. The van der Waals surface area contributed by atoms with Crippen molar-refractivity contribution >= 4 is 11.0 Å². The first-order chi connectivity index (χ1) is 11.3. The van der Waals surface area contributed by atoms with Gasteiger partial charge in [-0.3, -0.25) is 0 Å².